The maximum absolute atomic E-state index is 10.9. The molecule has 1 heterocycles. The molecule has 5 heteroatoms. The molecular formula is C16H24N2O3. The number of carboxylic acid groups (broad SMARTS) is 1. The molecule has 116 valence electrons. The maximum atomic E-state index is 10.9. The summed E-state index contributed by atoms with van der Waals surface area (Å²) in [6.45, 7) is 4.67. The summed E-state index contributed by atoms with van der Waals surface area (Å²) in [7, 11) is 1.64. The van der Waals surface area contributed by atoms with E-state index in [9.17, 15) is 4.79 Å². The zero-order chi connectivity index (χ0) is 15.1. The molecular weight excluding hydrogens is 268 g/mol. The molecule has 1 aliphatic rings. The van der Waals surface area contributed by atoms with E-state index in [-0.39, 0.29) is 6.42 Å². The number of carbonyl (C=O) groups is 1. The standard InChI is InChI=1S/C16H24N2O3/c1-21-15-6-4-5-14(13-15)18(10-7-16(19)20)12-11-17-8-2-3-9-17/h4-6,13H,2-3,7-12H2,1H3,(H,19,20). The lowest BCUT2D eigenvalue weighted by molar-refractivity contribution is -0.136. The highest BCUT2D eigenvalue weighted by atomic mass is 16.5. The van der Waals surface area contributed by atoms with E-state index < -0.39 is 5.97 Å². The third-order valence-electron chi connectivity index (χ3n) is 3.90. The minimum Gasteiger partial charge on any atom is -0.497 e. The van der Waals surface area contributed by atoms with Gasteiger partial charge in [0.05, 0.1) is 13.5 Å². The van der Waals surface area contributed by atoms with Crippen molar-refractivity contribution in [2.45, 2.75) is 19.3 Å². The number of nitrogens with zero attached hydrogens (tertiary/aromatic N) is 2. The van der Waals surface area contributed by atoms with E-state index in [1.807, 2.05) is 24.3 Å². The Bertz CT molecular complexity index is 459. The molecule has 1 aromatic carbocycles. The Morgan fingerprint density at radius 1 is 1.33 bits per heavy atom. The Hall–Kier alpha value is -1.75. The van der Waals surface area contributed by atoms with E-state index in [4.69, 9.17) is 9.84 Å². The summed E-state index contributed by atoms with van der Waals surface area (Å²) in [5, 5.41) is 8.93. The first-order valence-electron chi connectivity index (χ1n) is 7.52. The average Bonchev–Trinajstić information content (AvgIpc) is 3.00. The van der Waals surface area contributed by atoms with Crippen LogP contribution in [0, 0.1) is 0 Å². The molecule has 1 saturated heterocycles. The first kappa shape index (κ1) is 15.6. The van der Waals surface area contributed by atoms with Crippen LogP contribution >= 0.6 is 0 Å². The molecule has 0 atom stereocenters. The van der Waals surface area contributed by atoms with Crippen LogP contribution in [-0.4, -0.2) is 55.8 Å². The molecule has 0 spiro atoms. The van der Waals surface area contributed by atoms with Crippen LogP contribution in [0.1, 0.15) is 19.3 Å². The Balaban J connectivity index is 2.00. The van der Waals surface area contributed by atoms with Crippen molar-refractivity contribution in [2.24, 2.45) is 0 Å². The van der Waals surface area contributed by atoms with Gasteiger partial charge < -0.3 is 19.6 Å². The van der Waals surface area contributed by atoms with Crippen LogP contribution in [0.2, 0.25) is 0 Å². The fraction of sp³-hybridized carbons (Fsp3) is 0.562. The van der Waals surface area contributed by atoms with Gasteiger partial charge >= 0.3 is 5.97 Å². The topological polar surface area (TPSA) is 53.0 Å². The number of rotatable bonds is 8. The summed E-state index contributed by atoms with van der Waals surface area (Å²) in [5.41, 5.74) is 1.02. The molecule has 0 aliphatic carbocycles. The Labute approximate surface area is 126 Å². The molecule has 1 fully saturated rings. The number of ether oxygens (including phenoxy) is 1. The molecule has 0 bridgehead atoms. The van der Waals surface area contributed by atoms with Crippen molar-refractivity contribution in [2.75, 3.05) is 44.7 Å². The van der Waals surface area contributed by atoms with Crippen molar-refractivity contribution in [1.82, 2.24) is 4.90 Å². The maximum Gasteiger partial charge on any atom is 0.305 e. The van der Waals surface area contributed by atoms with Gasteiger partial charge in [-0.2, -0.15) is 0 Å². The third-order valence-corrected chi connectivity index (χ3v) is 3.90. The molecule has 0 aromatic heterocycles. The van der Waals surface area contributed by atoms with E-state index in [2.05, 4.69) is 9.80 Å². The second-order valence-electron chi connectivity index (χ2n) is 5.38. The predicted octanol–water partition coefficient (Wildman–Crippen LogP) is 2.07. The molecule has 1 aromatic rings. The molecule has 0 amide bonds. The average molecular weight is 292 g/mol. The Kier molecular flexibility index (Phi) is 5.87. The quantitative estimate of drug-likeness (QED) is 0.795. The predicted molar refractivity (Wildman–Crippen MR) is 83.1 cm³/mol. The minimum atomic E-state index is -0.760. The van der Waals surface area contributed by atoms with E-state index in [1.54, 1.807) is 7.11 Å². The molecule has 5 nitrogen and oxygen atoms in total. The van der Waals surface area contributed by atoms with Gasteiger partial charge in [0.25, 0.3) is 0 Å². The van der Waals surface area contributed by atoms with Gasteiger partial charge in [0.1, 0.15) is 5.75 Å². The van der Waals surface area contributed by atoms with Crippen LogP contribution in [-0.2, 0) is 4.79 Å². The van der Waals surface area contributed by atoms with Gasteiger partial charge in [0.15, 0.2) is 0 Å². The number of anilines is 1. The fourth-order valence-corrected chi connectivity index (χ4v) is 2.68. The lowest BCUT2D eigenvalue weighted by Gasteiger charge is -2.27. The van der Waals surface area contributed by atoms with Crippen molar-refractivity contribution >= 4 is 11.7 Å². The summed E-state index contributed by atoms with van der Waals surface area (Å²) in [4.78, 5) is 15.4. The number of carboxylic acids is 1. The van der Waals surface area contributed by atoms with Gasteiger partial charge in [-0.15, -0.1) is 0 Å². The number of methoxy groups -OCH3 is 1. The summed E-state index contributed by atoms with van der Waals surface area (Å²) < 4.78 is 5.26. The Morgan fingerprint density at radius 3 is 2.76 bits per heavy atom. The zero-order valence-corrected chi connectivity index (χ0v) is 12.6. The lowest BCUT2D eigenvalue weighted by Crippen LogP contribution is -2.35. The summed E-state index contributed by atoms with van der Waals surface area (Å²) >= 11 is 0. The molecule has 21 heavy (non-hydrogen) atoms. The lowest BCUT2D eigenvalue weighted by atomic mass is 10.2. The van der Waals surface area contributed by atoms with E-state index in [0.717, 1.165) is 37.6 Å². The van der Waals surface area contributed by atoms with Crippen molar-refractivity contribution in [3.8, 4) is 5.75 Å². The first-order valence-corrected chi connectivity index (χ1v) is 7.52. The molecule has 0 unspecified atom stereocenters. The van der Waals surface area contributed by atoms with Gasteiger partial charge in [-0.3, -0.25) is 4.79 Å². The van der Waals surface area contributed by atoms with Crippen LogP contribution < -0.4 is 9.64 Å². The fourth-order valence-electron chi connectivity index (χ4n) is 2.68. The van der Waals surface area contributed by atoms with Gasteiger partial charge in [-0.25, -0.2) is 0 Å². The molecule has 0 saturated carbocycles. The van der Waals surface area contributed by atoms with Gasteiger partial charge in [0.2, 0.25) is 0 Å². The SMILES string of the molecule is COc1cccc(N(CCC(=O)O)CCN2CCCC2)c1. The van der Waals surface area contributed by atoms with E-state index in [0.29, 0.717) is 6.54 Å². The first-order chi connectivity index (χ1) is 10.2. The highest BCUT2D eigenvalue weighted by molar-refractivity contribution is 5.67. The van der Waals surface area contributed by atoms with Crippen molar-refractivity contribution < 1.29 is 14.6 Å². The molecule has 1 aliphatic heterocycles. The summed E-state index contributed by atoms with van der Waals surface area (Å²) in [6, 6.07) is 7.82. The molecule has 2 rings (SSSR count). The highest BCUT2D eigenvalue weighted by Gasteiger charge is 2.14. The molecule has 0 radical (unpaired) electrons. The number of hydrogen-bond acceptors (Lipinski definition) is 4. The van der Waals surface area contributed by atoms with Crippen LogP contribution in [0.4, 0.5) is 5.69 Å². The largest absolute Gasteiger partial charge is 0.497 e. The second kappa shape index (κ2) is 7.88. The monoisotopic (exact) mass is 292 g/mol. The van der Waals surface area contributed by atoms with Crippen LogP contribution in [0.3, 0.4) is 0 Å². The second-order valence-corrected chi connectivity index (χ2v) is 5.38. The van der Waals surface area contributed by atoms with Crippen LogP contribution in [0.5, 0.6) is 5.75 Å². The highest BCUT2D eigenvalue weighted by Crippen LogP contribution is 2.21. The number of hydrogen-bond donors (Lipinski definition) is 1. The third kappa shape index (κ3) is 4.93. The number of likely N-dealkylation sites (tertiary alicyclic amines) is 1. The van der Waals surface area contributed by atoms with Crippen LogP contribution in [0.15, 0.2) is 24.3 Å². The smallest absolute Gasteiger partial charge is 0.305 e. The minimum absolute atomic E-state index is 0.150. The van der Waals surface area contributed by atoms with Crippen molar-refractivity contribution in [3.63, 3.8) is 0 Å². The summed E-state index contributed by atoms with van der Waals surface area (Å²) in [5.74, 6) is 0.0399. The normalized spacial score (nSPS) is 15.1. The Morgan fingerprint density at radius 2 is 2.10 bits per heavy atom. The van der Waals surface area contributed by atoms with E-state index >= 15 is 0 Å². The summed E-state index contributed by atoms with van der Waals surface area (Å²) in [6.07, 6.45) is 2.69. The molecule has 1 N–H and O–H groups in total. The number of aliphatic carboxylic acids is 1. The zero-order valence-electron chi connectivity index (χ0n) is 12.6. The van der Waals surface area contributed by atoms with E-state index in [1.165, 1.54) is 12.8 Å². The van der Waals surface area contributed by atoms with Gasteiger partial charge in [-0.1, -0.05) is 6.07 Å². The van der Waals surface area contributed by atoms with Gasteiger partial charge in [0, 0.05) is 31.4 Å². The van der Waals surface area contributed by atoms with Gasteiger partial charge in [-0.05, 0) is 38.1 Å². The number of benzene rings is 1. The van der Waals surface area contributed by atoms with Crippen molar-refractivity contribution in [3.05, 3.63) is 24.3 Å². The van der Waals surface area contributed by atoms with Crippen molar-refractivity contribution in [1.29, 1.82) is 0 Å². The van der Waals surface area contributed by atoms with Crippen LogP contribution in [0.25, 0.3) is 0 Å².